The van der Waals surface area contributed by atoms with Gasteiger partial charge in [0, 0.05) is 59.5 Å². The van der Waals surface area contributed by atoms with Gasteiger partial charge in [0.15, 0.2) is 0 Å². The Bertz CT molecular complexity index is 2710. The largest absolute Gasteiger partial charge is 0.456 e. The third-order valence-corrected chi connectivity index (χ3v) is 11.4. The van der Waals surface area contributed by atoms with Crippen molar-refractivity contribution < 1.29 is 4.42 Å². The molecule has 0 unspecified atom stereocenters. The monoisotopic (exact) mass is 633 g/mol. The number of anilines is 3. The Labute approximate surface area is 283 Å². The van der Waals surface area contributed by atoms with Crippen LogP contribution in [0.15, 0.2) is 156 Å². The van der Waals surface area contributed by atoms with E-state index < -0.39 is 0 Å². The molecule has 0 radical (unpaired) electrons. The summed E-state index contributed by atoms with van der Waals surface area (Å²) in [7, 11) is 0. The van der Waals surface area contributed by atoms with Crippen molar-refractivity contribution >= 4 is 70.5 Å². The summed E-state index contributed by atoms with van der Waals surface area (Å²) in [6.07, 6.45) is 0. The summed E-state index contributed by atoms with van der Waals surface area (Å²) < 4.78 is 9.02. The van der Waals surface area contributed by atoms with Crippen molar-refractivity contribution in [1.29, 1.82) is 0 Å². The summed E-state index contributed by atoms with van der Waals surface area (Å²) in [6.45, 7) is 4.71. The Morgan fingerprint density at radius 1 is 0.479 bits per heavy atom. The van der Waals surface area contributed by atoms with Crippen molar-refractivity contribution in [3.8, 4) is 22.3 Å². The zero-order valence-electron chi connectivity index (χ0n) is 26.7. The molecule has 0 atom stereocenters. The molecule has 2 nitrogen and oxygen atoms in total. The molecular formula is C45H31NOS. The van der Waals surface area contributed by atoms with E-state index in [0.29, 0.717) is 0 Å². The number of fused-ring (bicyclic) bond motifs is 9. The minimum atomic E-state index is -0.111. The molecule has 228 valence electrons. The van der Waals surface area contributed by atoms with Gasteiger partial charge in [-0.25, -0.2) is 0 Å². The lowest BCUT2D eigenvalue weighted by molar-refractivity contribution is 0.660. The van der Waals surface area contributed by atoms with E-state index in [0.717, 1.165) is 39.0 Å². The van der Waals surface area contributed by atoms with Crippen molar-refractivity contribution in [3.63, 3.8) is 0 Å². The number of furan rings is 1. The van der Waals surface area contributed by atoms with Crippen LogP contribution in [0.5, 0.6) is 0 Å². The maximum Gasteiger partial charge on any atom is 0.137 e. The Balaban J connectivity index is 1.22. The van der Waals surface area contributed by atoms with Gasteiger partial charge in [-0.15, -0.1) is 11.3 Å². The second-order valence-electron chi connectivity index (χ2n) is 13.3. The molecule has 48 heavy (non-hydrogen) atoms. The summed E-state index contributed by atoms with van der Waals surface area (Å²) in [5, 5.41) is 4.85. The fourth-order valence-electron chi connectivity index (χ4n) is 7.94. The Morgan fingerprint density at radius 2 is 1.17 bits per heavy atom. The van der Waals surface area contributed by atoms with Gasteiger partial charge < -0.3 is 9.32 Å². The second kappa shape index (κ2) is 10.2. The van der Waals surface area contributed by atoms with Gasteiger partial charge >= 0.3 is 0 Å². The summed E-state index contributed by atoms with van der Waals surface area (Å²) in [4.78, 5) is 2.40. The Morgan fingerprint density at radius 3 is 2.06 bits per heavy atom. The minimum absolute atomic E-state index is 0.111. The molecule has 1 aliphatic rings. The highest BCUT2D eigenvalue weighted by molar-refractivity contribution is 7.25. The van der Waals surface area contributed by atoms with Crippen molar-refractivity contribution in [1.82, 2.24) is 0 Å². The molecule has 7 aromatic carbocycles. The first kappa shape index (κ1) is 27.5. The predicted molar refractivity (Wildman–Crippen MR) is 204 cm³/mol. The number of thiophene rings is 1. The Hall–Kier alpha value is -5.64. The number of hydrogen-bond donors (Lipinski definition) is 0. The minimum Gasteiger partial charge on any atom is -0.456 e. The molecule has 0 saturated heterocycles. The van der Waals surface area contributed by atoms with E-state index in [1.807, 2.05) is 23.5 Å². The van der Waals surface area contributed by atoms with Crippen LogP contribution in [0.3, 0.4) is 0 Å². The molecule has 0 fully saturated rings. The lowest BCUT2D eigenvalue weighted by Crippen LogP contribution is -2.15. The maximum atomic E-state index is 6.42. The highest BCUT2D eigenvalue weighted by Gasteiger charge is 2.37. The van der Waals surface area contributed by atoms with Crippen molar-refractivity contribution in [2.75, 3.05) is 4.90 Å². The van der Waals surface area contributed by atoms with Crippen LogP contribution < -0.4 is 4.90 Å². The maximum absolute atomic E-state index is 6.42. The summed E-state index contributed by atoms with van der Waals surface area (Å²) in [6, 6.07) is 55.2. The van der Waals surface area contributed by atoms with Crippen LogP contribution in [-0.4, -0.2) is 0 Å². The van der Waals surface area contributed by atoms with Gasteiger partial charge in [-0.2, -0.15) is 0 Å². The zero-order chi connectivity index (χ0) is 32.0. The normalized spacial score (nSPS) is 13.4. The molecule has 10 rings (SSSR count). The number of para-hydroxylation sites is 1. The highest BCUT2D eigenvalue weighted by atomic mass is 32.1. The molecule has 0 spiro atoms. The van der Waals surface area contributed by atoms with Gasteiger partial charge in [0.25, 0.3) is 0 Å². The topological polar surface area (TPSA) is 16.4 Å². The first-order chi connectivity index (χ1) is 23.5. The smallest absolute Gasteiger partial charge is 0.137 e. The molecule has 2 heterocycles. The summed E-state index contributed by atoms with van der Waals surface area (Å²) >= 11 is 1.85. The highest BCUT2D eigenvalue weighted by Crippen LogP contribution is 2.54. The van der Waals surface area contributed by atoms with E-state index in [9.17, 15) is 0 Å². The van der Waals surface area contributed by atoms with E-state index in [4.69, 9.17) is 4.42 Å². The van der Waals surface area contributed by atoms with Gasteiger partial charge in [-0.1, -0.05) is 105 Å². The molecule has 0 N–H and O–H groups in total. The van der Waals surface area contributed by atoms with Crippen LogP contribution in [0.4, 0.5) is 17.1 Å². The lowest BCUT2D eigenvalue weighted by Gasteiger charge is -2.27. The molecule has 2 aromatic heterocycles. The lowest BCUT2D eigenvalue weighted by atomic mass is 9.82. The molecule has 0 saturated carbocycles. The van der Waals surface area contributed by atoms with E-state index >= 15 is 0 Å². The number of hydrogen-bond acceptors (Lipinski definition) is 3. The van der Waals surface area contributed by atoms with E-state index in [1.54, 1.807) is 0 Å². The molecule has 0 bridgehead atoms. The number of rotatable bonds is 4. The summed E-state index contributed by atoms with van der Waals surface area (Å²) in [5.74, 6) is 0. The van der Waals surface area contributed by atoms with Crippen LogP contribution in [0, 0.1) is 0 Å². The Kier molecular flexibility index (Phi) is 5.82. The van der Waals surface area contributed by atoms with E-state index in [2.05, 4.69) is 158 Å². The van der Waals surface area contributed by atoms with E-state index in [-0.39, 0.29) is 5.41 Å². The van der Waals surface area contributed by atoms with Crippen LogP contribution in [0.25, 0.3) is 64.4 Å². The first-order valence-electron chi connectivity index (χ1n) is 16.5. The molecule has 3 heteroatoms. The van der Waals surface area contributed by atoms with Crippen LogP contribution in [-0.2, 0) is 5.41 Å². The zero-order valence-corrected chi connectivity index (χ0v) is 27.5. The average Bonchev–Trinajstić information content (AvgIpc) is 3.76. The van der Waals surface area contributed by atoms with Crippen LogP contribution in [0.1, 0.15) is 25.0 Å². The van der Waals surface area contributed by atoms with Gasteiger partial charge in [0.1, 0.15) is 11.2 Å². The molecule has 0 amide bonds. The van der Waals surface area contributed by atoms with Gasteiger partial charge in [0.2, 0.25) is 0 Å². The van der Waals surface area contributed by atoms with Crippen LogP contribution in [0.2, 0.25) is 0 Å². The third kappa shape index (κ3) is 3.98. The molecular weight excluding hydrogens is 603 g/mol. The third-order valence-electron chi connectivity index (χ3n) is 10.3. The van der Waals surface area contributed by atoms with Gasteiger partial charge in [-0.3, -0.25) is 0 Å². The second-order valence-corrected chi connectivity index (χ2v) is 14.4. The standard InChI is InChI=1S/C45H31NOS/c1-45(2)38-23-20-29(26-37(38)44-32(15-10-16-39(44)45)28-11-4-3-5-12-28)46(30-21-24-43-36(25-30)35-14-7-9-18-42(35)48-43)31-19-22-34-33-13-6-8-17-40(33)47-41(34)27-31/h3-27H,1-2H3. The SMILES string of the molecule is CC1(C)c2ccc(N(c3ccc4c(c3)oc3ccccc34)c3ccc4sc5ccccc5c4c3)cc2-c2c(-c3ccccc3)cccc21. The predicted octanol–water partition coefficient (Wildman–Crippen LogP) is 13.4. The molecule has 0 aliphatic heterocycles. The number of benzene rings is 7. The summed E-state index contributed by atoms with van der Waals surface area (Å²) in [5.41, 5.74) is 12.9. The fourth-order valence-corrected chi connectivity index (χ4v) is 9.03. The van der Waals surface area contributed by atoms with Gasteiger partial charge in [-0.05, 0) is 88.0 Å². The molecule has 9 aromatic rings. The fraction of sp³-hybridized carbons (Fsp3) is 0.0667. The van der Waals surface area contributed by atoms with Crippen molar-refractivity contribution in [2.24, 2.45) is 0 Å². The first-order valence-corrected chi connectivity index (χ1v) is 17.3. The van der Waals surface area contributed by atoms with Gasteiger partial charge in [0.05, 0.1) is 0 Å². The average molecular weight is 634 g/mol. The van der Waals surface area contributed by atoms with Crippen molar-refractivity contribution in [2.45, 2.75) is 19.3 Å². The quantitative estimate of drug-likeness (QED) is 0.192. The van der Waals surface area contributed by atoms with Crippen LogP contribution >= 0.6 is 11.3 Å². The van der Waals surface area contributed by atoms with E-state index in [1.165, 1.54) is 53.6 Å². The van der Waals surface area contributed by atoms with Crippen molar-refractivity contribution in [3.05, 3.63) is 163 Å². The number of nitrogens with zero attached hydrogens (tertiary/aromatic N) is 1. The molecule has 1 aliphatic carbocycles.